The Hall–Kier alpha value is -0.810. The second kappa shape index (κ2) is 4.61. The Morgan fingerprint density at radius 3 is 2.64 bits per heavy atom. The minimum absolute atomic E-state index is 0.164. The zero-order valence-electron chi connectivity index (χ0n) is 8.66. The number of hydrogen-bond acceptors (Lipinski definition) is 3. The molecule has 0 aromatic rings. The Labute approximate surface area is 84.2 Å². The van der Waals surface area contributed by atoms with Crippen LogP contribution < -0.4 is 11.2 Å². The normalized spacial score (nSPS) is 23.9. The standard InChI is InChI=1S/C9H18N3O2/c1-6(2)8(12(10)9(13)14)7-3-4-11-5-7/h7-8,11H,3-5,10H2,1-2H3,(H,13,14)/t7-,8?/m0/s1. The molecule has 1 radical (unpaired) electrons. The van der Waals surface area contributed by atoms with Gasteiger partial charge in [-0.2, -0.15) is 0 Å². The third-order valence-electron chi connectivity index (χ3n) is 2.66. The van der Waals surface area contributed by atoms with Crippen molar-refractivity contribution >= 4 is 6.09 Å². The van der Waals surface area contributed by atoms with E-state index in [4.69, 9.17) is 10.9 Å². The third kappa shape index (κ3) is 2.36. The van der Waals surface area contributed by atoms with Crippen LogP contribution in [0.25, 0.3) is 0 Å². The van der Waals surface area contributed by atoms with Crippen LogP contribution in [-0.4, -0.2) is 35.3 Å². The number of amides is 1. The van der Waals surface area contributed by atoms with Crippen LogP contribution in [0.5, 0.6) is 0 Å². The van der Waals surface area contributed by atoms with Gasteiger partial charge in [-0.1, -0.05) is 13.8 Å². The van der Waals surface area contributed by atoms with E-state index in [9.17, 15) is 4.79 Å². The van der Waals surface area contributed by atoms with E-state index in [1.807, 2.05) is 13.8 Å². The second-order valence-electron chi connectivity index (χ2n) is 3.96. The quantitative estimate of drug-likeness (QED) is 0.351. The predicted octanol–water partition coefficient (Wildman–Crippen LogP) is 0.432. The maximum Gasteiger partial charge on any atom is 0.421 e. The zero-order valence-corrected chi connectivity index (χ0v) is 8.66. The van der Waals surface area contributed by atoms with Crippen LogP contribution in [0.4, 0.5) is 4.79 Å². The summed E-state index contributed by atoms with van der Waals surface area (Å²) in [5.41, 5.74) is 0. The molecule has 0 aromatic heterocycles. The van der Waals surface area contributed by atoms with E-state index < -0.39 is 6.09 Å². The van der Waals surface area contributed by atoms with Crippen LogP contribution in [0.3, 0.4) is 0 Å². The van der Waals surface area contributed by atoms with Crippen molar-refractivity contribution in [1.82, 2.24) is 10.3 Å². The van der Waals surface area contributed by atoms with Crippen molar-refractivity contribution < 1.29 is 9.90 Å². The Kier molecular flexibility index (Phi) is 3.71. The molecule has 1 heterocycles. The highest BCUT2D eigenvalue weighted by molar-refractivity contribution is 5.65. The van der Waals surface area contributed by atoms with Gasteiger partial charge in [0.05, 0.1) is 6.04 Å². The van der Waals surface area contributed by atoms with E-state index in [1.54, 1.807) is 0 Å². The molecular weight excluding hydrogens is 182 g/mol. The van der Waals surface area contributed by atoms with Crippen LogP contribution in [0.1, 0.15) is 20.3 Å². The highest BCUT2D eigenvalue weighted by atomic mass is 16.4. The van der Waals surface area contributed by atoms with Gasteiger partial charge < -0.3 is 10.4 Å². The summed E-state index contributed by atoms with van der Waals surface area (Å²) in [6.45, 7) is 5.64. The van der Waals surface area contributed by atoms with Gasteiger partial charge in [-0.25, -0.2) is 15.6 Å². The van der Waals surface area contributed by atoms with Crippen LogP contribution in [0.2, 0.25) is 0 Å². The van der Waals surface area contributed by atoms with Gasteiger partial charge in [0.2, 0.25) is 0 Å². The van der Waals surface area contributed by atoms with E-state index in [1.165, 1.54) is 0 Å². The van der Waals surface area contributed by atoms with Crippen molar-refractivity contribution in [3.8, 4) is 0 Å². The van der Waals surface area contributed by atoms with Gasteiger partial charge in [-0.15, -0.1) is 0 Å². The fraction of sp³-hybridized carbons (Fsp3) is 0.778. The lowest BCUT2D eigenvalue weighted by molar-refractivity contribution is 0.111. The molecule has 0 aromatic carbocycles. The van der Waals surface area contributed by atoms with Gasteiger partial charge in [0.25, 0.3) is 0 Å². The minimum Gasteiger partial charge on any atom is -0.464 e. The maximum atomic E-state index is 10.8. The number of nitrogens with zero attached hydrogens (tertiary/aromatic N) is 1. The van der Waals surface area contributed by atoms with Crippen molar-refractivity contribution in [1.29, 1.82) is 0 Å². The fourth-order valence-corrected chi connectivity index (χ4v) is 2.04. The first-order chi connectivity index (χ1) is 6.54. The minimum atomic E-state index is -1.07. The van der Waals surface area contributed by atoms with Crippen LogP contribution in [0.15, 0.2) is 0 Å². The molecule has 1 fully saturated rings. The molecule has 81 valence electrons. The first-order valence-corrected chi connectivity index (χ1v) is 4.81. The molecule has 0 saturated carbocycles. The highest BCUT2D eigenvalue weighted by Gasteiger charge is 2.33. The molecular formula is C9H18N3O2. The first kappa shape index (κ1) is 11.3. The van der Waals surface area contributed by atoms with E-state index in [0.717, 1.165) is 30.4 Å². The summed E-state index contributed by atoms with van der Waals surface area (Å²) in [4.78, 5) is 10.8. The van der Waals surface area contributed by atoms with Crippen molar-refractivity contribution in [3.63, 3.8) is 0 Å². The average molecular weight is 200 g/mol. The van der Waals surface area contributed by atoms with Crippen LogP contribution in [-0.2, 0) is 0 Å². The average Bonchev–Trinajstić information content (AvgIpc) is 2.56. The van der Waals surface area contributed by atoms with E-state index in [0.29, 0.717) is 5.92 Å². The van der Waals surface area contributed by atoms with Gasteiger partial charge in [0.15, 0.2) is 0 Å². The smallest absolute Gasteiger partial charge is 0.421 e. The molecule has 5 heteroatoms. The monoisotopic (exact) mass is 200 g/mol. The van der Waals surface area contributed by atoms with Gasteiger partial charge >= 0.3 is 6.09 Å². The topological polar surface area (TPSA) is 78.6 Å². The van der Waals surface area contributed by atoms with Gasteiger partial charge in [-0.05, 0) is 24.8 Å². The molecule has 2 atom stereocenters. The summed E-state index contributed by atoms with van der Waals surface area (Å²) in [5, 5.41) is 13.0. The van der Waals surface area contributed by atoms with Crippen molar-refractivity contribution in [3.05, 3.63) is 5.92 Å². The first-order valence-electron chi connectivity index (χ1n) is 4.81. The van der Waals surface area contributed by atoms with E-state index in [-0.39, 0.29) is 6.04 Å². The molecule has 0 spiro atoms. The molecule has 4 N–H and O–H groups in total. The summed E-state index contributed by atoms with van der Waals surface area (Å²) in [6.07, 6.45) is -0.0836. The lowest BCUT2D eigenvalue weighted by Crippen LogP contribution is -2.51. The molecule has 0 aliphatic carbocycles. The Morgan fingerprint density at radius 1 is 1.64 bits per heavy atom. The number of carbonyl (C=O) groups is 1. The maximum absolute atomic E-state index is 10.8. The molecule has 14 heavy (non-hydrogen) atoms. The SMILES string of the molecule is C[C](C)C([C@H]1CCNC1)N(N)C(=O)O. The molecule has 1 saturated heterocycles. The highest BCUT2D eigenvalue weighted by Crippen LogP contribution is 2.23. The molecule has 0 bridgehead atoms. The van der Waals surface area contributed by atoms with Crippen molar-refractivity contribution in [2.75, 3.05) is 13.1 Å². The number of rotatable bonds is 3. The Bertz CT molecular complexity index is 202. The lowest BCUT2D eigenvalue weighted by Gasteiger charge is -2.32. The Morgan fingerprint density at radius 2 is 2.29 bits per heavy atom. The molecule has 1 unspecified atom stereocenters. The van der Waals surface area contributed by atoms with Crippen molar-refractivity contribution in [2.45, 2.75) is 26.3 Å². The molecule has 1 aliphatic rings. The van der Waals surface area contributed by atoms with Crippen molar-refractivity contribution in [2.24, 2.45) is 11.8 Å². The van der Waals surface area contributed by atoms with Crippen LogP contribution >= 0.6 is 0 Å². The second-order valence-corrected chi connectivity index (χ2v) is 3.96. The number of nitrogens with one attached hydrogen (secondary N) is 1. The number of hydrogen-bond donors (Lipinski definition) is 3. The largest absolute Gasteiger partial charge is 0.464 e. The summed E-state index contributed by atoms with van der Waals surface area (Å²) in [5.74, 6) is 6.88. The summed E-state index contributed by atoms with van der Waals surface area (Å²) < 4.78 is 0. The number of hydrazine groups is 1. The van der Waals surface area contributed by atoms with Gasteiger partial charge in [-0.3, -0.25) is 0 Å². The summed E-state index contributed by atoms with van der Waals surface area (Å²) in [7, 11) is 0. The third-order valence-corrected chi connectivity index (χ3v) is 2.66. The number of nitrogens with two attached hydrogens (primary N) is 1. The van der Waals surface area contributed by atoms with Gasteiger partial charge in [0, 0.05) is 6.54 Å². The molecule has 1 aliphatic heterocycles. The zero-order chi connectivity index (χ0) is 10.7. The van der Waals surface area contributed by atoms with Gasteiger partial charge in [0.1, 0.15) is 0 Å². The molecule has 1 amide bonds. The summed E-state index contributed by atoms with van der Waals surface area (Å²) >= 11 is 0. The fourth-order valence-electron chi connectivity index (χ4n) is 2.04. The Balaban J connectivity index is 2.67. The number of carboxylic acid groups (broad SMARTS) is 1. The van der Waals surface area contributed by atoms with E-state index in [2.05, 4.69) is 5.32 Å². The summed E-state index contributed by atoms with van der Waals surface area (Å²) in [6, 6.07) is -0.164. The van der Waals surface area contributed by atoms with E-state index >= 15 is 0 Å². The molecule has 5 nitrogen and oxygen atoms in total. The predicted molar refractivity (Wildman–Crippen MR) is 53.4 cm³/mol. The van der Waals surface area contributed by atoms with Crippen LogP contribution in [0, 0.1) is 11.8 Å². The lowest BCUT2D eigenvalue weighted by atomic mass is 9.89. The molecule has 1 rings (SSSR count).